The number of carbonyl (C=O) groups excluding carboxylic acids is 1. The van der Waals surface area contributed by atoms with Gasteiger partial charge >= 0.3 is 6.18 Å². The van der Waals surface area contributed by atoms with Gasteiger partial charge in [-0.3, -0.25) is 9.48 Å². The van der Waals surface area contributed by atoms with Gasteiger partial charge in [-0.1, -0.05) is 6.92 Å². The fourth-order valence-electron chi connectivity index (χ4n) is 1.05. The van der Waals surface area contributed by atoms with Gasteiger partial charge in [0.05, 0.1) is 11.8 Å². The van der Waals surface area contributed by atoms with Crippen LogP contribution >= 0.6 is 0 Å². The quantitative estimate of drug-likeness (QED) is 0.734. The van der Waals surface area contributed by atoms with E-state index in [1.165, 1.54) is 4.68 Å². The van der Waals surface area contributed by atoms with Crippen LogP contribution < -0.4 is 0 Å². The molecule has 0 fully saturated rings. The zero-order valence-corrected chi connectivity index (χ0v) is 8.38. The summed E-state index contributed by atoms with van der Waals surface area (Å²) in [5, 5.41) is 3.72. The molecule has 1 aromatic rings. The highest BCUT2D eigenvalue weighted by Crippen LogP contribution is 2.21. The third-order valence-electron chi connectivity index (χ3n) is 2.16. The second kappa shape index (κ2) is 4.04. The van der Waals surface area contributed by atoms with E-state index in [4.69, 9.17) is 0 Å². The third-order valence-corrected chi connectivity index (χ3v) is 2.16. The van der Waals surface area contributed by atoms with Crippen molar-refractivity contribution < 1.29 is 18.0 Å². The first-order valence-electron chi connectivity index (χ1n) is 4.52. The molecule has 0 amide bonds. The molecule has 1 atom stereocenters. The molecule has 0 aliphatic rings. The number of halogens is 3. The Labute approximate surface area is 84.9 Å². The maximum absolute atomic E-state index is 12.0. The van der Waals surface area contributed by atoms with E-state index in [0.717, 1.165) is 18.8 Å². The van der Waals surface area contributed by atoms with E-state index in [2.05, 4.69) is 5.10 Å². The number of carbonyl (C=O) groups is 1. The molecule has 0 N–H and O–H groups in total. The fraction of sp³-hybridized carbons (Fsp3) is 0.556. The van der Waals surface area contributed by atoms with Crippen molar-refractivity contribution >= 4 is 5.78 Å². The smallest absolute Gasteiger partial charge is 0.284 e. The van der Waals surface area contributed by atoms with Crippen LogP contribution in [0.15, 0.2) is 12.4 Å². The summed E-state index contributed by atoms with van der Waals surface area (Å²) in [4.78, 5) is 10.8. The first-order valence-corrected chi connectivity index (χ1v) is 4.52. The molecular weight excluding hydrogens is 209 g/mol. The van der Waals surface area contributed by atoms with Crippen molar-refractivity contribution in [3.63, 3.8) is 0 Å². The lowest BCUT2D eigenvalue weighted by Gasteiger charge is -2.07. The van der Waals surface area contributed by atoms with Crippen molar-refractivity contribution in [2.24, 2.45) is 0 Å². The number of rotatable bonds is 3. The minimum atomic E-state index is -4.83. The van der Waals surface area contributed by atoms with Crippen LogP contribution in [0, 0.1) is 0 Å². The molecule has 0 radical (unpaired) electrons. The minimum Gasteiger partial charge on any atom is -0.284 e. The highest BCUT2D eigenvalue weighted by Gasteiger charge is 2.40. The molecule has 1 unspecified atom stereocenters. The molecule has 6 heteroatoms. The number of hydrogen-bond donors (Lipinski definition) is 0. The van der Waals surface area contributed by atoms with Crippen LogP contribution in [0.5, 0.6) is 0 Å². The molecule has 0 aromatic carbocycles. The van der Waals surface area contributed by atoms with Crippen molar-refractivity contribution in [1.29, 1.82) is 0 Å². The first kappa shape index (κ1) is 11.7. The lowest BCUT2D eigenvalue weighted by molar-refractivity contribution is -0.0885. The van der Waals surface area contributed by atoms with Gasteiger partial charge < -0.3 is 0 Å². The van der Waals surface area contributed by atoms with Crippen molar-refractivity contribution in [3.05, 3.63) is 18.0 Å². The highest BCUT2D eigenvalue weighted by atomic mass is 19.4. The molecule has 1 aromatic heterocycles. The van der Waals surface area contributed by atoms with Crippen LogP contribution in [-0.2, 0) is 0 Å². The molecule has 0 bridgehead atoms. The van der Waals surface area contributed by atoms with Gasteiger partial charge in [0.2, 0.25) is 0 Å². The summed E-state index contributed by atoms with van der Waals surface area (Å²) < 4.78 is 37.5. The van der Waals surface area contributed by atoms with Gasteiger partial charge in [-0.25, -0.2) is 0 Å². The zero-order chi connectivity index (χ0) is 11.6. The Hall–Kier alpha value is -1.33. The van der Waals surface area contributed by atoms with Gasteiger partial charge in [-0.05, 0) is 13.3 Å². The molecule has 0 saturated carbocycles. The predicted molar refractivity (Wildman–Crippen MR) is 47.6 cm³/mol. The van der Waals surface area contributed by atoms with Crippen LogP contribution in [0.1, 0.15) is 36.7 Å². The van der Waals surface area contributed by atoms with Gasteiger partial charge in [0.25, 0.3) is 5.78 Å². The van der Waals surface area contributed by atoms with Crippen LogP contribution in [0.3, 0.4) is 0 Å². The van der Waals surface area contributed by atoms with Gasteiger partial charge in [-0.15, -0.1) is 0 Å². The molecule has 1 rings (SSSR count). The zero-order valence-electron chi connectivity index (χ0n) is 8.38. The summed E-state index contributed by atoms with van der Waals surface area (Å²) in [5.74, 6) is -1.85. The van der Waals surface area contributed by atoms with Gasteiger partial charge in [0.15, 0.2) is 0 Å². The molecule has 0 spiro atoms. The summed E-state index contributed by atoms with van der Waals surface area (Å²) in [6.45, 7) is 3.70. The Balaban J connectivity index is 2.90. The monoisotopic (exact) mass is 220 g/mol. The molecule has 0 aliphatic heterocycles. The largest absolute Gasteiger partial charge is 0.454 e. The summed E-state index contributed by atoms with van der Waals surface area (Å²) in [6, 6.07) is -0.0141. The molecule has 0 saturated heterocycles. The second-order valence-corrected chi connectivity index (χ2v) is 3.29. The lowest BCUT2D eigenvalue weighted by atomic mass is 10.2. The average molecular weight is 220 g/mol. The molecule has 84 valence electrons. The van der Waals surface area contributed by atoms with Crippen molar-refractivity contribution in [3.8, 4) is 0 Å². The van der Waals surface area contributed by atoms with Crippen LogP contribution in [0.4, 0.5) is 13.2 Å². The normalized spacial score (nSPS) is 13.9. The number of ketones is 1. The van der Waals surface area contributed by atoms with Gasteiger partial charge in [-0.2, -0.15) is 18.3 Å². The summed E-state index contributed by atoms with van der Waals surface area (Å²) >= 11 is 0. The van der Waals surface area contributed by atoms with E-state index in [0.29, 0.717) is 0 Å². The van der Waals surface area contributed by atoms with E-state index in [9.17, 15) is 18.0 Å². The van der Waals surface area contributed by atoms with E-state index in [-0.39, 0.29) is 6.04 Å². The second-order valence-electron chi connectivity index (χ2n) is 3.29. The number of Topliss-reactive ketones (excluding diaryl/α,β-unsaturated/α-hetero) is 1. The number of aromatic nitrogens is 2. The Morgan fingerprint density at radius 2 is 2.20 bits per heavy atom. The Morgan fingerprint density at radius 1 is 1.60 bits per heavy atom. The van der Waals surface area contributed by atoms with E-state index >= 15 is 0 Å². The van der Waals surface area contributed by atoms with Crippen molar-refractivity contribution in [2.75, 3.05) is 0 Å². The molecular formula is C9H11F3N2O. The Bertz CT molecular complexity index is 356. The maximum Gasteiger partial charge on any atom is 0.454 e. The maximum atomic E-state index is 12.0. The van der Waals surface area contributed by atoms with Crippen LogP contribution in [0.2, 0.25) is 0 Å². The van der Waals surface area contributed by atoms with Crippen molar-refractivity contribution in [2.45, 2.75) is 32.5 Å². The average Bonchev–Trinajstić information content (AvgIpc) is 2.62. The Morgan fingerprint density at radius 3 is 2.67 bits per heavy atom. The number of alkyl halides is 3. The minimum absolute atomic E-state index is 0.0141. The fourth-order valence-corrected chi connectivity index (χ4v) is 1.05. The van der Waals surface area contributed by atoms with Gasteiger partial charge in [0.1, 0.15) is 0 Å². The molecule has 0 aliphatic carbocycles. The Kier molecular flexibility index (Phi) is 3.16. The SMILES string of the molecule is CCC(C)n1cc(C(=O)C(F)(F)F)cn1. The number of nitrogens with zero attached hydrogens (tertiary/aromatic N) is 2. The summed E-state index contributed by atoms with van der Waals surface area (Å²) in [6.07, 6.45) is -2.02. The first-order chi connectivity index (χ1) is 6.86. The van der Waals surface area contributed by atoms with Gasteiger partial charge in [0, 0.05) is 12.2 Å². The van der Waals surface area contributed by atoms with Crippen LogP contribution in [0.25, 0.3) is 0 Å². The van der Waals surface area contributed by atoms with E-state index in [1.807, 2.05) is 13.8 Å². The molecule has 15 heavy (non-hydrogen) atoms. The summed E-state index contributed by atoms with van der Waals surface area (Å²) in [7, 11) is 0. The topological polar surface area (TPSA) is 34.9 Å². The molecule has 1 heterocycles. The lowest BCUT2D eigenvalue weighted by Crippen LogP contribution is -2.22. The van der Waals surface area contributed by atoms with Crippen LogP contribution in [-0.4, -0.2) is 21.7 Å². The number of hydrogen-bond acceptors (Lipinski definition) is 2. The predicted octanol–water partition coefficient (Wildman–Crippen LogP) is 2.60. The third kappa shape index (κ3) is 2.57. The van der Waals surface area contributed by atoms with E-state index in [1.54, 1.807) is 0 Å². The molecule has 3 nitrogen and oxygen atoms in total. The van der Waals surface area contributed by atoms with Crippen molar-refractivity contribution in [1.82, 2.24) is 9.78 Å². The summed E-state index contributed by atoms with van der Waals surface area (Å²) in [5.41, 5.74) is -0.414. The standard InChI is InChI=1S/C9H11F3N2O/c1-3-6(2)14-5-7(4-13-14)8(15)9(10,11)12/h4-6H,3H2,1-2H3. The van der Waals surface area contributed by atoms with E-state index < -0.39 is 17.5 Å². The highest BCUT2D eigenvalue weighted by molar-refractivity contribution is 5.99.